The molecule has 3 aromatic rings. The van der Waals surface area contributed by atoms with Crippen molar-refractivity contribution in [2.75, 3.05) is 19.5 Å². The number of methoxy groups -OCH3 is 2. The Labute approximate surface area is 141 Å². The zero-order valence-electron chi connectivity index (χ0n) is 14.1. The maximum absolute atomic E-state index is 5.34. The standard InChI is InChI=1S/C19H21N3O2/c1-22-19(12-16(21-22)15-7-5-4-6-8-15)20-13-14-9-10-17(23-2)18(11-14)24-3/h4-12,20H,13H2,1-3H3. The molecule has 0 amide bonds. The molecule has 5 heteroatoms. The molecule has 5 nitrogen and oxygen atoms in total. The van der Waals surface area contributed by atoms with Crippen LogP contribution >= 0.6 is 0 Å². The van der Waals surface area contributed by atoms with Gasteiger partial charge in [-0.1, -0.05) is 36.4 Å². The predicted octanol–water partition coefficient (Wildman–Crippen LogP) is 3.72. The Kier molecular flexibility index (Phi) is 4.70. The van der Waals surface area contributed by atoms with Crippen LogP contribution in [0.15, 0.2) is 54.6 Å². The van der Waals surface area contributed by atoms with Crippen LogP contribution in [0.3, 0.4) is 0 Å². The molecule has 0 aliphatic rings. The fourth-order valence-corrected chi connectivity index (χ4v) is 2.57. The Morgan fingerprint density at radius 2 is 1.71 bits per heavy atom. The summed E-state index contributed by atoms with van der Waals surface area (Å²) in [5.41, 5.74) is 3.16. The van der Waals surface area contributed by atoms with Crippen LogP contribution < -0.4 is 14.8 Å². The Balaban J connectivity index is 1.74. The van der Waals surface area contributed by atoms with Gasteiger partial charge in [-0.25, -0.2) is 0 Å². The van der Waals surface area contributed by atoms with Gasteiger partial charge in [-0.3, -0.25) is 4.68 Å². The van der Waals surface area contributed by atoms with Gasteiger partial charge in [-0.2, -0.15) is 5.10 Å². The lowest BCUT2D eigenvalue weighted by Crippen LogP contribution is -2.05. The SMILES string of the molecule is COc1ccc(CNc2cc(-c3ccccc3)nn2C)cc1OC. The van der Waals surface area contributed by atoms with Crippen molar-refractivity contribution in [3.8, 4) is 22.8 Å². The predicted molar refractivity (Wildman–Crippen MR) is 95.5 cm³/mol. The van der Waals surface area contributed by atoms with E-state index in [0.29, 0.717) is 6.54 Å². The van der Waals surface area contributed by atoms with E-state index in [4.69, 9.17) is 9.47 Å². The highest BCUT2D eigenvalue weighted by molar-refractivity contribution is 5.63. The third-order valence-electron chi connectivity index (χ3n) is 3.87. The third kappa shape index (κ3) is 3.35. The number of ether oxygens (including phenoxy) is 2. The minimum atomic E-state index is 0.675. The molecule has 0 bridgehead atoms. The molecule has 0 aliphatic carbocycles. The topological polar surface area (TPSA) is 48.3 Å². The van der Waals surface area contributed by atoms with Gasteiger partial charge in [0.2, 0.25) is 0 Å². The van der Waals surface area contributed by atoms with Gasteiger partial charge in [0.15, 0.2) is 11.5 Å². The van der Waals surface area contributed by atoms with Crippen molar-refractivity contribution in [3.63, 3.8) is 0 Å². The van der Waals surface area contributed by atoms with E-state index >= 15 is 0 Å². The normalized spacial score (nSPS) is 10.5. The molecule has 0 unspecified atom stereocenters. The molecule has 0 atom stereocenters. The molecular weight excluding hydrogens is 302 g/mol. The number of anilines is 1. The number of aromatic nitrogens is 2. The van der Waals surface area contributed by atoms with Crippen LogP contribution in [0.4, 0.5) is 5.82 Å². The zero-order chi connectivity index (χ0) is 16.9. The quantitative estimate of drug-likeness (QED) is 0.751. The molecule has 3 rings (SSSR count). The van der Waals surface area contributed by atoms with E-state index in [9.17, 15) is 0 Å². The lowest BCUT2D eigenvalue weighted by atomic mass is 10.1. The van der Waals surface area contributed by atoms with Crippen molar-refractivity contribution in [2.24, 2.45) is 7.05 Å². The number of rotatable bonds is 6. The maximum atomic E-state index is 5.34. The second kappa shape index (κ2) is 7.08. The van der Waals surface area contributed by atoms with Crippen LogP contribution in [0, 0.1) is 0 Å². The summed E-state index contributed by atoms with van der Waals surface area (Å²) in [7, 11) is 5.21. The molecule has 0 saturated carbocycles. The van der Waals surface area contributed by atoms with Crippen LogP contribution in [0.1, 0.15) is 5.56 Å². The molecule has 0 aliphatic heterocycles. The van der Waals surface area contributed by atoms with Crippen molar-refractivity contribution < 1.29 is 9.47 Å². The number of benzene rings is 2. The summed E-state index contributed by atoms with van der Waals surface area (Å²) in [6.45, 7) is 0.675. The highest BCUT2D eigenvalue weighted by Crippen LogP contribution is 2.28. The van der Waals surface area contributed by atoms with Crippen molar-refractivity contribution in [3.05, 3.63) is 60.2 Å². The van der Waals surface area contributed by atoms with Crippen LogP contribution in [-0.4, -0.2) is 24.0 Å². The van der Waals surface area contributed by atoms with E-state index in [1.54, 1.807) is 14.2 Å². The van der Waals surface area contributed by atoms with E-state index in [1.165, 1.54) is 0 Å². The van der Waals surface area contributed by atoms with Gasteiger partial charge < -0.3 is 14.8 Å². The molecule has 1 aromatic heterocycles. The monoisotopic (exact) mass is 323 g/mol. The molecule has 1 N–H and O–H groups in total. The summed E-state index contributed by atoms with van der Waals surface area (Å²) in [5.74, 6) is 2.42. The fourth-order valence-electron chi connectivity index (χ4n) is 2.57. The zero-order valence-corrected chi connectivity index (χ0v) is 14.1. The number of hydrogen-bond donors (Lipinski definition) is 1. The highest BCUT2D eigenvalue weighted by atomic mass is 16.5. The molecule has 0 fully saturated rings. The van der Waals surface area contributed by atoms with E-state index < -0.39 is 0 Å². The smallest absolute Gasteiger partial charge is 0.161 e. The molecule has 0 radical (unpaired) electrons. The summed E-state index contributed by atoms with van der Waals surface area (Å²) in [5, 5.41) is 7.98. The first-order valence-electron chi connectivity index (χ1n) is 7.75. The van der Waals surface area contributed by atoms with Crippen LogP contribution in [0.2, 0.25) is 0 Å². The van der Waals surface area contributed by atoms with Crippen LogP contribution in [-0.2, 0) is 13.6 Å². The number of aryl methyl sites for hydroxylation is 1. The first kappa shape index (κ1) is 15.9. The fraction of sp³-hybridized carbons (Fsp3) is 0.211. The van der Waals surface area contributed by atoms with Crippen molar-refractivity contribution in [1.82, 2.24) is 9.78 Å². The maximum Gasteiger partial charge on any atom is 0.161 e. The molecule has 0 saturated heterocycles. The number of nitrogens with one attached hydrogen (secondary N) is 1. The Morgan fingerprint density at radius 1 is 0.958 bits per heavy atom. The first-order valence-corrected chi connectivity index (χ1v) is 7.75. The molecular formula is C19H21N3O2. The van der Waals surface area contributed by atoms with Gasteiger partial charge in [-0.05, 0) is 17.7 Å². The number of nitrogens with zero attached hydrogens (tertiary/aromatic N) is 2. The van der Waals surface area contributed by atoms with E-state index in [2.05, 4.69) is 28.6 Å². The first-order chi connectivity index (χ1) is 11.7. The largest absolute Gasteiger partial charge is 0.493 e. The Morgan fingerprint density at radius 3 is 2.42 bits per heavy atom. The minimum absolute atomic E-state index is 0.675. The molecule has 24 heavy (non-hydrogen) atoms. The average molecular weight is 323 g/mol. The molecule has 0 spiro atoms. The lowest BCUT2D eigenvalue weighted by Gasteiger charge is -2.10. The van der Waals surface area contributed by atoms with Gasteiger partial charge in [-0.15, -0.1) is 0 Å². The lowest BCUT2D eigenvalue weighted by molar-refractivity contribution is 0.354. The average Bonchev–Trinajstić information content (AvgIpc) is 3.01. The van der Waals surface area contributed by atoms with Crippen LogP contribution in [0.25, 0.3) is 11.3 Å². The van der Waals surface area contributed by atoms with Crippen LogP contribution in [0.5, 0.6) is 11.5 Å². The second-order valence-corrected chi connectivity index (χ2v) is 5.45. The minimum Gasteiger partial charge on any atom is -0.493 e. The van der Waals surface area contributed by atoms with Gasteiger partial charge in [0, 0.05) is 25.2 Å². The highest BCUT2D eigenvalue weighted by Gasteiger charge is 2.08. The summed E-state index contributed by atoms with van der Waals surface area (Å²) in [4.78, 5) is 0. The molecule has 2 aromatic carbocycles. The molecule has 124 valence electrons. The van der Waals surface area contributed by atoms with Gasteiger partial charge in [0.25, 0.3) is 0 Å². The van der Waals surface area contributed by atoms with Crippen molar-refractivity contribution in [1.29, 1.82) is 0 Å². The van der Waals surface area contributed by atoms with E-state index in [0.717, 1.165) is 34.1 Å². The Hall–Kier alpha value is -2.95. The van der Waals surface area contributed by atoms with Crippen molar-refractivity contribution in [2.45, 2.75) is 6.54 Å². The van der Waals surface area contributed by atoms with Gasteiger partial charge in [0.05, 0.1) is 19.9 Å². The molecule has 1 heterocycles. The summed E-state index contributed by atoms with van der Waals surface area (Å²) in [6, 6.07) is 18.1. The second-order valence-electron chi connectivity index (χ2n) is 5.45. The van der Waals surface area contributed by atoms with E-state index in [1.807, 2.05) is 48.1 Å². The summed E-state index contributed by atoms with van der Waals surface area (Å²) >= 11 is 0. The van der Waals surface area contributed by atoms with E-state index in [-0.39, 0.29) is 0 Å². The van der Waals surface area contributed by atoms with Crippen molar-refractivity contribution >= 4 is 5.82 Å². The summed E-state index contributed by atoms with van der Waals surface area (Å²) in [6.07, 6.45) is 0. The van der Waals surface area contributed by atoms with Gasteiger partial charge >= 0.3 is 0 Å². The Bertz CT molecular complexity index is 813. The van der Waals surface area contributed by atoms with Gasteiger partial charge in [0.1, 0.15) is 5.82 Å². The number of hydrogen-bond acceptors (Lipinski definition) is 4. The third-order valence-corrected chi connectivity index (χ3v) is 3.87. The summed E-state index contributed by atoms with van der Waals surface area (Å²) < 4.78 is 12.5.